The van der Waals surface area contributed by atoms with Gasteiger partial charge in [-0.25, -0.2) is 14.4 Å². The molecule has 14 heteroatoms. The predicted octanol–water partition coefficient (Wildman–Crippen LogP) is 8.65. The minimum Gasteiger partial charge on any atom is -0.493 e. The van der Waals surface area contributed by atoms with Crippen LogP contribution in [0.2, 0.25) is 0 Å². The van der Waals surface area contributed by atoms with Crippen LogP contribution in [0.5, 0.6) is 40.2 Å². The molecule has 0 radical (unpaired) electrons. The molecular weight excluding hydrogens is 760 g/mol. The van der Waals surface area contributed by atoms with Crippen molar-refractivity contribution in [1.29, 1.82) is 0 Å². The molecule has 2 atom stereocenters. The Balaban J connectivity index is 1.24. The molecule has 14 nitrogen and oxygen atoms in total. The number of ether oxygens (including phenoxy) is 9. The lowest BCUT2D eigenvalue weighted by Crippen LogP contribution is -2.33. The lowest BCUT2D eigenvalue weighted by Gasteiger charge is -2.35. The highest BCUT2D eigenvalue weighted by Crippen LogP contribution is 2.42. The topological polar surface area (TPSA) is 141 Å². The van der Waals surface area contributed by atoms with E-state index in [0.29, 0.717) is 41.6 Å². The Bertz CT molecular complexity index is 2120. The molecule has 0 fully saturated rings. The minimum absolute atomic E-state index is 0.000766. The molecule has 0 N–H and O–H groups in total. The number of nitrogens with zero attached hydrogens (tertiary/aromatic N) is 2. The molecular formula is C45H52N2O12. The highest BCUT2D eigenvalue weighted by Gasteiger charge is 2.30. The predicted molar refractivity (Wildman–Crippen MR) is 217 cm³/mol. The largest absolute Gasteiger partial charge is 0.513 e. The Morgan fingerprint density at radius 1 is 0.542 bits per heavy atom. The standard InChI is InChI=1S/C45H52N2O12/c1-8-53-43(48)57-37-16-13-29(22-36-34-27-42(59-45(50)55-10-3)39(52-7)25-31(34)18-20-47(36)5)23-40(37)56-32-14-11-28(12-15-32)21-35-33-26-41(58-44(49)54-9-2)38(51-6)24-30(33)17-19-46(35)4/h11-16,23-27,35-36H,8-10,17-22H2,1-7H3. The quantitative estimate of drug-likeness (QED) is 0.0681. The Kier molecular flexibility index (Phi) is 14.2. The smallest absolute Gasteiger partial charge is 0.493 e. The van der Waals surface area contributed by atoms with Crippen LogP contribution in [0, 0.1) is 0 Å². The van der Waals surface area contributed by atoms with E-state index in [9.17, 15) is 14.4 Å². The number of carbonyl (C=O) groups excluding carboxylic acids is 3. The van der Waals surface area contributed by atoms with Gasteiger partial charge in [-0.3, -0.25) is 9.80 Å². The van der Waals surface area contributed by atoms with E-state index in [1.807, 2.05) is 60.7 Å². The zero-order valence-corrected chi connectivity index (χ0v) is 34.7. The normalized spacial score (nSPS) is 16.2. The van der Waals surface area contributed by atoms with E-state index in [1.165, 1.54) is 7.11 Å². The summed E-state index contributed by atoms with van der Waals surface area (Å²) >= 11 is 0. The van der Waals surface area contributed by atoms with Crippen LogP contribution in [-0.2, 0) is 39.9 Å². The van der Waals surface area contributed by atoms with Crippen LogP contribution in [0.4, 0.5) is 14.4 Å². The summed E-state index contributed by atoms with van der Waals surface area (Å²) < 4.78 is 49.3. The molecule has 0 aliphatic carbocycles. The van der Waals surface area contributed by atoms with Gasteiger partial charge in [0.05, 0.1) is 34.0 Å². The third-order valence-electron chi connectivity index (χ3n) is 10.5. The summed E-state index contributed by atoms with van der Waals surface area (Å²) in [7, 11) is 7.22. The molecule has 0 spiro atoms. The van der Waals surface area contributed by atoms with Crippen molar-refractivity contribution in [2.75, 3.05) is 61.2 Å². The van der Waals surface area contributed by atoms with Crippen LogP contribution in [-0.4, -0.2) is 89.5 Å². The number of hydrogen-bond donors (Lipinski definition) is 0. The molecule has 4 aromatic carbocycles. The van der Waals surface area contributed by atoms with Crippen LogP contribution in [0.25, 0.3) is 0 Å². The van der Waals surface area contributed by atoms with Crippen molar-refractivity contribution in [2.45, 2.75) is 58.5 Å². The van der Waals surface area contributed by atoms with Gasteiger partial charge in [0.25, 0.3) is 0 Å². The average Bonchev–Trinajstić information content (AvgIpc) is 3.21. The number of methoxy groups -OCH3 is 2. The molecule has 2 aliphatic rings. The zero-order valence-electron chi connectivity index (χ0n) is 34.7. The van der Waals surface area contributed by atoms with Gasteiger partial charge in [-0.05, 0) is 142 Å². The first-order chi connectivity index (χ1) is 28.5. The first-order valence-corrected chi connectivity index (χ1v) is 19.8. The van der Waals surface area contributed by atoms with Gasteiger partial charge < -0.3 is 42.6 Å². The first-order valence-electron chi connectivity index (χ1n) is 19.8. The van der Waals surface area contributed by atoms with Gasteiger partial charge in [0.1, 0.15) is 5.75 Å². The maximum atomic E-state index is 12.5. The van der Waals surface area contributed by atoms with Crippen LogP contribution in [0.15, 0.2) is 66.7 Å². The fourth-order valence-electron chi connectivity index (χ4n) is 7.50. The summed E-state index contributed by atoms with van der Waals surface area (Å²) in [5, 5.41) is 0. The summed E-state index contributed by atoms with van der Waals surface area (Å²) in [5.41, 5.74) is 6.24. The third kappa shape index (κ3) is 10.4. The molecule has 59 heavy (non-hydrogen) atoms. The van der Waals surface area contributed by atoms with E-state index in [-0.39, 0.29) is 43.4 Å². The van der Waals surface area contributed by atoms with E-state index in [2.05, 4.69) is 23.9 Å². The van der Waals surface area contributed by atoms with Crippen molar-refractivity contribution in [1.82, 2.24) is 9.80 Å². The van der Waals surface area contributed by atoms with Crippen molar-refractivity contribution < 1.29 is 57.0 Å². The number of fused-ring (bicyclic) bond motifs is 2. The van der Waals surface area contributed by atoms with E-state index < -0.39 is 18.5 Å². The Hall–Kier alpha value is -5.99. The molecule has 2 aliphatic heterocycles. The van der Waals surface area contributed by atoms with Crippen molar-refractivity contribution >= 4 is 18.5 Å². The van der Waals surface area contributed by atoms with Crippen LogP contribution in [0.1, 0.15) is 66.2 Å². The summed E-state index contributed by atoms with van der Waals surface area (Å²) in [4.78, 5) is 41.5. The molecule has 0 bridgehead atoms. The number of benzene rings is 4. The summed E-state index contributed by atoms with van der Waals surface area (Å²) in [6.07, 6.45) is 0.432. The molecule has 4 aromatic rings. The molecule has 2 unspecified atom stereocenters. The van der Waals surface area contributed by atoms with Gasteiger partial charge in [0.2, 0.25) is 0 Å². The molecule has 0 saturated heterocycles. The fourth-order valence-corrected chi connectivity index (χ4v) is 7.50. The Morgan fingerprint density at radius 3 is 1.44 bits per heavy atom. The van der Waals surface area contributed by atoms with Crippen molar-refractivity contribution in [3.63, 3.8) is 0 Å². The zero-order chi connectivity index (χ0) is 42.1. The highest BCUT2D eigenvalue weighted by molar-refractivity contribution is 5.68. The highest BCUT2D eigenvalue weighted by atomic mass is 16.7. The van der Waals surface area contributed by atoms with Gasteiger partial charge in [0.15, 0.2) is 34.5 Å². The minimum atomic E-state index is -0.838. The maximum absolute atomic E-state index is 12.5. The van der Waals surface area contributed by atoms with Crippen molar-refractivity contribution in [2.24, 2.45) is 0 Å². The number of carbonyl (C=O) groups is 3. The molecule has 0 aromatic heterocycles. The van der Waals surface area contributed by atoms with Gasteiger partial charge >= 0.3 is 18.5 Å². The van der Waals surface area contributed by atoms with Gasteiger partial charge in [-0.2, -0.15) is 0 Å². The van der Waals surface area contributed by atoms with Crippen molar-refractivity contribution in [3.8, 4) is 40.2 Å². The number of likely N-dealkylation sites (N-methyl/N-ethyl adjacent to an activating group) is 2. The monoisotopic (exact) mass is 812 g/mol. The summed E-state index contributed by atoms with van der Waals surface area (Å²) in [5.74, 6) is 2.61. The molecule has 2 heterocycles. The van der Waals surface area contributed by atoms with Crippen LogP contribution >= 0.6 is 0 Å². The fraction of sp³-hybridized carbons (Fsp3) is 0.400. The Labute approximate surface area is 344 Å². The molecule has 314 valence electrons. The lowest BCUT2D eigenvalue weighted by molar-refractivity contribution is 0.102. The van der Waals surface area contributed by atoms with Gasteiger partial charge in [-0.1, -0.05) is 18.2 Å². The van der Waals surface area contributed by atoms with Gasteiger partial charge in [0, 0.05) is 25.2 Å². The third-order valence-corrected chi connectivity index (χ3v) is 10.5. The second kappa shape index (κ2) is 19.6. The second-order valence-corrected chi connectivity index (χ2v) is 14.2. The summed E-state index contributed by atoms with van der Waals surface area (Å²) in [6, 6.07) is 20.7. The van der Waals surface area contributed by atoms with Gasteiger partial charge in [-0.15, -0.1) is 0 Å². The number of rotatable bonds is 14. The van der Waals surface area contributed by atoms with Crippen molar-refractivity contribution in [3.05, 3.63) is 100 Å². The van der Waals surface area contributed by atoms with E-state index >= 15 is 0 Å². The number of hydrogen-bond acceptors (Lipinski definition) is 14. The van der Waals surface area contributed by atoms with E-state index in [1.54, 1.807) is 33.9 Å². The van der Waals surface area contributed by atoms with Crippen LogP contribution in [0.3, 0.4) is 0 Å². The van der Waals surface area contributed by atoms with E-state index in [0.717, 1.165) is 59.3 Å². The Morgan fingerprint density at radius 2 is 0.983 bits per heavy atom. The first kappa shape index (κ1) is 42.6. The lowest BCUT2D eigenvalue weighted by atomic mass is 9.88. The van der Waals surface area contributed by atoms with E-state index in [4.69, 9.17) is 42.6 Å². The average molecular weight is 813 g/mol. The maximum Gasteiger partial charge on any atom is 0.513 e. The SMILES string of the molecule is CCOC(=O)Oc1cc2c(cc1OC)CCN(C)C2Cc1ccc(Oc2cc(CC3c4cc(OC(=O)OCC)c(OC)cc4CCN3C)ccc2OC(=O)OCC)cc1. The molecule has 0 saturated carbocycles. The van der Waals surface area contributed by atoms with Crippen LogP contribution < -0.4 is 28.4 Å². The summed E-state index contributed by atoms with van der Waals surface area (Å²) in [6.45, 7) is 7.32. The second-order valence-electron chi connectivity index (χ2n) is 14.2. The molecule has 0 amide bonds. The molecule has 6 rings (SSSR count).